The summed E-state index contributed by atoms with van der Waals surface area (Å²) in [5.41, 5.74) is -0.331. The van der Waals surface area contributed by atoms with E-state index in [1.807, 2.05) is 0 Å². The molecule has 0 aliphatic carbocycles. The SMILES string of the molecule is O=C(c1cccc([N+](=O)[O-])c1Cl)N1CCS(=O)(=O)CC1. The zero-order chi connectivity index (χ0) is 14.9. The molecule has 1 fully saturated rings. The van der Waals surface area contributed by atoms with E-state index in [4.69, 9.17) is 11.6 Å². The molecule has 0 N–H and O–H groups in total. The van der Waals surface area contributed by atoms with Crippen molar-refractivity contribution in [3.05, 3.63) is 38.9 Å². The second kappa shape index (κ2) is 5.37. The molecule has 0 spiro atoms. The number of halogens is 1. The third-order valence-electron chi connectivity index (χ3n) is 3.04. The molecular formula is C11H11ClN2O5S. The van der Waals surface area contributed by atoms with Crippen molar-refractivity contribution in [3.8, 4) is 0 Å². The quantitative estimate of drug-likeness (QED) is 0.601. The smallest absolute Gasteiger partial charge is 0.288 e. The lowest BCUT2D eigenvalue weighted by atomic mass is 10.1. The van der Waals surface area contributed by atoms with Gasteiger partial charge in [0.1, 0.15) is 5.02 Å². The van der Waals surface area contributed by atoms with Crippen LogP contribution in [0, 0.1) is 10.1 Å². The van der Waals surface area contributed by atoms with E-state index in [1.54, 1.807) is 0 Å². The van der Waals surface area contributed by atoms with Crippen molar-refractivity contribution in [1.82, 2.24) is 4.90 Å². The van der Waals surface area contributed by atoms with Crippen molar-refractivity contribution < 1.29 is 18.1 Å². The summed E-state index contributed by atoms with van der Waals surface area (Å²) < 4.78 is 22.6. The summed E-state index contributed by atoms with van der Waals surface area (Å²) >= 11 is 5.87. The summed E-state index contributed by atoms with van der Waals surface area (Å²) in [7, 11) is -3.10. The molecule has 1 aliphatic rings. The van der Waals surface area contributed by atoms with Gasteiger partial charge in [0.2, 0.25) is 0 Å². The lowest BCUT2D eigenvalue weighted by Gasteiger charge is -2.26. The van der Waals surface area contributed by atoms with Gasteiger partial charge in [-0.05, 0) is 6.07 Å². The van der Waals surface area contributed by atoms with Gasteiger partial charge in [-0.2, -0.15) is 0 Å². The molecule has 1 heterocycles. The Labute approximate surface area is 120 Å². The molecule has 20 heavy (non-hydrogen) atoms. The van der Waals surface area contributed by atoms with Crippen molar-refractivity contribution in [3.63, 3.8) is 0 Å². The van der Waals surface area contributed by atoms with Gasteiger partial charge >= 0.3 is 0 Å². The Morgan fingerprint density at radius 3 is 2.45 bits per heavy atom. The van der Waals surface area contributed by atoms with Crippen LogP contribution in [0.1, 0.15) is 10.4 Å². The standard InChI is InChI=1S/C11H11ClN2O5S/c12-10-8(2-1-3-9(10)14(16)17)11(15)13-4-6-20(18,19)7-5-13/h1-3H,4-7H2. The number of nitro benzene ring substituents is 1. The predicted molar refractivity (Wildman–Crippen MR) is 72.7 cm³/mol. The van der Waals surface area contributed by atoms with Crippen molar-refractivity contribution in [2.45, 2.75) is 0 Å². The minimum atomic E-state index is -3.10. The van der Waals surface area contributed by atoms with E-state index < -0.39 is 20.7 Å². The van der Waals surface area contributed by atoms with E-state index in [-0.39, 0.29) is 40.9 Å². The van der Waals surface area contributed by atoms with Gasteiger partial charge in [-0.3, -0.25) is 14.9 Å². The number of nitrogens with zero attached hydrogens (tertiary/aromatic N) is 2. The number of nitro groups is 1. The lowest BCUT2D eigenvalue weighted by molar-refractivity contribution is -0.384. The van der Waals surface area contributed by atoms with Crippen LogP contribution in [0.4, 0.5) is 5.69 Å². The minimum Gasteiger partial charge on any atom is -0.337 e. The summed E-state index contributed by atoms with van der Waals surface area (Å²) in [6.45, 7) is 0.139. The van der Waals surface area contributed by atoms with Gasteiger partial charge in [0, 0.05) is 19.2 Å². The number of carbonyl (C=O) groups is 1. The van der Waals surface area contributed by atoms with Crippen LogP contribution in [0.25, 0.3) is 0 Å². The molecule has 0 atom stereocenters. The van der Waals surface area contributed by atoms with Crippen LogP contribution < -0.4 is 0 Å². The van der Waals surface area contributed by atoms with E-state index in [0.29, 0.717) is 0 Å². The fourth-order valence-corrected chi connectivity index (χ4v) is 3.39. The first-order chi connectivity index (χ1) is 9.32. The van der Waals surface area contributed by atoms with Crippen LogP contribution in [0.15, 0.2) is 18.2 Å². The van der Waals surface area contributed by atoms with Crippen molar-refractivity contribution in [2.75, 3.05) is 24.6 Å². The minimum absolute atomic E-state index is 0.0140. The molecule has 1 aliphatic heterocycles. The molecule has 1 saturated heterocycles. The highest BCUT2D eigenvalue weighted by Gasteiger charge is 2.28. The molecule has 1 aromatic rings. The fourth-order valence-electron chi connectivity index (χ4n) is 1.91. The molecule has 0 radical (unpaired) electrons. The summed E-state index contributed by atoms with van der Waals surface area (Å²) in [4.78, 5) is 23.7. The van der Waals surface area contributed by atoms with E-state index in [1.165, 1.54) is 23.1 Å². The van der Waals surface area contributed by atoms with Gasteiger partial charge in [-0.15, -0.1) is 0 Å². The van der Waals surface area contributed by atoms with E-state index in [2.05, 4.69) is 0 Å². The number of hydrogen-bond acceptors (Lipinski definition) is 5. The Kier molecular flexibility index (Phi) is 3.96. The van der Waals surface area contributed by atoms with Gasteiger partial charge in [0.25, 0.3) is 11.6 Å². The average molecular weight is 319 g/mol. The molecule has 1 aromatic carbocycles. The van der Waals surface area contributed by atoms with Crippen LogP contribution in [-0.4, -0.2) is 48.7 Å². The van der Waals surface area contributed by atoms with E-state index >= 15 is 0 Å². The maximum atomic E-state index is 12.2. The summed E-state index contributed by atoms with van der Waals surface area (Å²) in [6, 6.07) is 3.97. The first-order valence-electron chi connectivity index (χ1n) is 5.74. The Hall–Kier alpha value is -1.67. The summed E-state index contributed by atoms with van der Waals surface area (Å²) in [5, 5.41) is 10.5. The van der Waals surface area contributed by atoms with Gasteiger partial charge in [0.05, 0.1) is 22.0 Å². The predicted octanol–water partition coefficient (Wildman–Crippen LogP) is 1.12. The summed E-state index contributed by atoms with van der Waals surface area (Å²) in [5.74, 6) is -0.704. The van der Waals surface area contributed by atoms with Crippen molar-refractivity contribution in [1.29, 1.82) is 0 Å². The maximum absolute atomic E-state index is 12.2. The molecule has 2 rings (SSSR count). The molecular weight excluding hydrogens is 308 g/mol. The second-order valence-electron chi connectivity index (χ2n) is 4.34. The third-order valence-corrected chi connectivity index (χ3v) is 5.04. The number of benzene rings is 1. The molecule has 0 saturated carbocycles. The van der Waals surface area contributed by atoms with E-state index in [9.17, 15) is 23.3 Å². The molecule has 1 amide bonds. The first-order valence-corrected chi connectivity index (χ1v) is 7.94. The molecule has 7 nitrogen and oxygen atoms in total. The topological polar surface area (TPSA) is 97.6 Å². The number of rotatable bonds is 2. The van der Waals surface area contributed by atoms with Gasteiger partial charge in [-0.1, -0.05) is 17.7 Å². The van der Waals surface area contributed by atoms with Gasteiger partial charge in [0.15, 0.2) is 9.84 Å². The van der Waals surface area contributed by atoms with Gasteiger partial charge < -0.3 is 4.90 Å². The Morgan fingerprint density at radius 2 is 1.90 bits per heavy atom. The van der Waals surface area contributed by atoms with Crippen molar-refractivity contribution in [2.24, 2.45) is 0 Å². The largest absolute Gasteiger partial charge is 0.337 e. The van der Waals surface area contributed by atoms with Crippen LogP contribution in [0.2, 0.25) is 5.02 Å². The normalized spacial score (nSPS) is 17.8. The molecule has 0 unspecified atom stereocenters. The number of amides is 1. The highest BCUT2D eigenvalue weighted by atomic mass is 35.5. The van der Waals surface area contributed by atoms with E-state index in [0.717, 1.165) is 0 Å². The Bertz CT molecular complexity index is 659. The van der Waals surface area contributed by atoms with Crippen LogP contribution in [0.3, 0.4) is 0 Å². The molecule has 0 aromatic heterocycles. The molecule has 0 bridgehead atoms. The fraction of sp³-hybridized carbons (Fsp3) is 0.364. The lowest BCUT2D eigenvalue weighted by Crippen LogP contribution is -2.43. The average Bonchev–Trinajstić information content (AvgIpc) is 2.38. The highest BCUT2D eigenvalue weighted by Crippen LogP contribution is 2.28. The Balaban J connectivity index is 2.27. The third kappa shape index (κ3) is 2.91. The van der Waals surface area contributed by atoms with Gasteiger partial charge in [-0.25, -0.2) is 8.42 Å². The van der Waals surface area contributed by atoms with Crippen molar-refractivity contribution >= 4 is 33.0 Å². The molecule has 9 heteroatoms. The number of sulfone groups is 1. The monoisotopic (exact) mass is 318 g/mol. The Morgan fingerprint density at radius 1 is 1.30 bits per heavy atom. The number of carbonyl (C=O) groups excluding carboxylic acids is 1. The molecule has 108 valence electrons. The zero-order valence-electron chi connectivity index (χ0n) is 10.3. The van der Waals surface area contributed by atoms with Crippen LogP contribution in [0.5, 0.6) is 0 Å². The first kappa shape index (κ1) is 14.7. The zero-order valence-corrected chi connectivity index (χ0v) is 11.9. The van der Waals surface area contributed by atoms with Crippen LogP contribution in [-0.2, 0) is 9.84 Å². The number of hydrogen-bond donors (Lipinski definition) is 0. The second-order valence-corrected chi connectivity index (χ2v) is 7.02. The maximum Gasteiger partial charge on any atom is 0.288 e. The summed E-state index contributed by atoms with van der Waals surface area (Å²) in [6.07, 6.45) is 0. The van der Waals surface area contributed by atoms with Crippen LogP contribution >= 0.6 is 11.6 Å². The highest BCUT2D eigenvalue weighted by molar-refractivity contribution is 7.91.